The molecule has 150 valence electrons. The summed E-state index contributed by atoms with van der Waals surface area (Å²) < 4.78 is 18.7. The second-order valence-corrected chi connectivity index (χ2v) is 7.05. The van der Waals surface area contributed by atoms with E-state index >= 15 is 0 Å². The first-order chi connectivity index (χ1) is 14.1. The molecule has 0 N–H and O–H groups in total. The van der Waals surface area contributed by atoms with Crippen molar-refractivity contribution >= 4 is 11.7 Å². The van der Waals surface area contributed by atoms with E-state index in [1.165, 1.54) is 12.1 Å². The normalized spacial score (nSPS) is 14.7. The van der Waals surface area contributed by atoms with E-state index in [2.05, 4.69) is 20.0 Å². The fraction of sp³-hybridized carbons (Fsp3) is 0.333. The minimum atomic E-state index is -0.323. The van der Waals surface area contributed by atoms with Crippen LogP contribution in [0.15, 0.2) is 47.1 Å². The third kappa shape index (κ3) is 4.42. The van der Waals surface area contributed by atoms with Gasteiger partial charge in [0.1, 0.15) is 11.6 Å². The van der Waals surface area contributed by atoms with E-state index in [4.69, 9.17) is 4.52 Å². The third-order valence-corrected chi connectivity index (χ3v) is 4.94. The highest BCUT2D eigenvalue weighted by atomic mass is 19.1. The number of rotatable bonds is 4. The smallest absolute Gasteiger partial charge is 0.261 e. The number of aromatic nitrogens is 3. The monoisotopic (exact) mass is 395 g/mol. The van der Waals surface area contributed by atoms with Gasteiger partial charge in [-0.15, -0.1) is 0 Å². The average Bonchev–Trinajstić information content (AvgIpc) is 2.99. The van der Waals surface area contributed by atoms with Crippen molar-refractivity contribution in [1.82, 2.24) is 20.0 Å². The SMILES string of the molecule is Cc1noc(-c2cccnc2N2CCCN(C(=O)Cc3cccc(F)c3)CC2)n1. The van der Waals surface area contributed by atoms with Crippen LogP contribution < -0.4 is 4.90 Å². The fourth-order valence-electron chi connectivity index (χ4n) is 3.53. The molecule has 0 saturated carbocycles. The molecule has 0 aliphatic carbocycles. The molecule has 0 atom stereocenters. The molecule has 8 heteroatoms. The Balaban J connectivity index is 1.46. The van der Waals surface area contributed by atoms with Crippen LogP contribution in [0.25, 0.3) is 11.5 Å². The van der Waals surface area contributed by atoms with Crippen molar-refractivity contribution in [2.45, 2.75) is 19.8 Å². The molecule has 1 fully saturated rings. The summed E-state index contributed by atoms with van der Waals surface area (Å²) in [5.74, 6) is 1.46. The predicted molar refractivity (Wildman–Crippen MR) is 106 cm³/mol. The Bertz CT molecular complexity index is 1010. The highest BCUT2D eigenvalue weighted by Crippen LogP contribution is 2.28. The van der Waals surface area contributed by atoms with E-state index in [-0.39, 0.29) is 18.1 Å². The largest absolute Gasteiger partial charge is 0.354 e. The third-order valence-electron chi connectivity index (χ3n) is 4.94. The van der Waals surface area contributed by atoms with Crippen LogP contribution >= 0.6 is 0 Å². The maximum Gasteiger partial charge on any atom is 0.261 e. The highest BCUT2D eigenvalue weighted by molar-refractivity contribution is 5.79. The molecule has 3 heterocycles. The average molecular weight is 395 g/mol. The first-order valence-corrected chi connectivity index (χ1v) is 9.63. The molecule has 0 bridgehead atoms. The van der Waals surface area contributed by atoms with Crippen LogP contribution in [0.2, 0.25) is 0 Å². The highest BCUT2D eigenvalue weighted by Gasteiger charge is 2.23. The van der Waals surface area contributed by atoms with Crippen molar-refractivity contribution in [3.8, 4) is 11.5 Å². The number of anilines is 1. The first-order valence-electron chi connectivity index (χ1n) is 9.63. The van der Waals surface area contributed by atoms with Crippen molar-refractivity contribution in [3.05, 3.63) is 59.8 Å². The summed E-state index contributed by atoms with van der Waals surface area (Å²) >= 11 is 0. The Kier molecular flexibility index (Phi) is 5.50. The molecule has 3 aromatic rings. The van der Waals surface area contributed by atoms with Crippen LogP contribution in [-0.2, 0) is 11.2 Å². The Hall–Kier alpha value is -3.29. The van der Waals surface area contributed by atoms with Crippen LogP contribution in [-0.4, -0.2) is 52.1 Å². The molecular formula is C21H22FN5O2. The van der Waals surface area contributed by atoms with Gasteiger partial charge in [-0.05, 0) is 43.2 Å². The lowest BCUT2D eigenvalue weighted by molar-refractivity contribution is -0.130. The lowest BCUT2D eigenvalue weighted by Gasteiger charge is -2.24. The topological polar surface area (TPSA) is 75.4 Å². The van der Waals surface area contributed by atoms with Gasteiger partial charge in [-0.3, -0.25) is 4.79 Å². The second-order valence-electron chi connectivity index (χ2n) is 7.05. The standard InChI is InChI=1S/C21H22FN5O2/c1-15-24-21(29-25-15)18-7-3-8-23-20(18)27-10-4-9-26(11-12-27)19(28)14-16-5-2-6-17(22)13-16/h2-3,5-8,13H,4,9-12,14H2,1H3. The van der Waals surface area contributed by atoms with E-state index < -0.39 is 0 Å². The Morgan fingerprint density at radius 1 is 1.17 bits per heavy atom. The van der Waals surface area contributed by atoms with Gasteiger partial charge in [0.2, 0.25) is 5.91 Å². The van der Waals surface area contributed by atoms with Crippen molar-refractivity contribution < 1.29 is 13.7 Å². The summed E-state index contributed by atoms with van der Waals surface area (Å²) in [5, 5.41) is 3.87. The zero-order valence-corrected chi connectivity index (χ0v) is 16.2. The summed E-state index contributed by atoms with van der Waals surface area (Å²) in [6.07, 6.45) is 2.75. The van der Waals surface area contributed by atoms with E-state index in [1.807, 2.05) is 17.0 Å². The van der Waals surface area contributed by atoms with Gasteiger partial charge in [0.25, 0.3) is 5.89 Å². The molecule has 1 amide bonds. The number of benzene rings is 1. The predicted octanol–water partition coefficient (Wildman–Crippen LogP) is 2.86. The zero-order chi connectivity index (χ0) is 20.2. The van der Waals surface area contributed by atoms with Crippen LogP contribution in [0.1, 0.15) is 17.8 Å². The molecule has 0 radical (unpaired) electrons. The Morgan fingerprint density at radius 3 is 2.86 bits per heavy atom. The first kappa shape index (κ1) is 19.0. The van der Waals surface area contributed by atoms with Crippen LogP contribution in [0.4, 0.5) is 10.2 Å². The molecule has 7 nitrogen and oxygen atoms in total. The summed E-state index contributed by atoms with van der Waals surface area (Å²) in [4.78, 5) is 25.5. The number of carbonyl (C=O) groups excluding carboxylic acids is 1. The van der Waals surface area contributed by atoms with Crippen molar-refractivity contribution in [3.63, 3.8) is 0 Å². The molecule has 0 spiro atoms. The molecule has 1 aromatic carbocycles. The summed E-state index contributed by atoms with van der Waals surface area (Å²) in [6, 6.07) is 9.95. The summed E-state index contributed by atoms with van der Waals surface area (Å²) in [7, 11) is 0. The quantitative estimate of drug-likeness (QED) is 0.676. The number of pyridine rings is 1. The van der Waals surface area contributed by atoms with Crippen molar-refractivity contribution in [1.29, 1.82) is 0 Å². The number of amides is 1. The van der Waals surface area contributed by atoms with Gasteiger partial charge in [0.05, 0.1) is 12.0 Å². The minimum absolute atomic E-state index is 0.00576. The number of halogens is 1. The number of carbonyl (C=O) groups is 1. The number of nitrogens with zero attached hydrogens (tertiary/aromatic N) is 5. The fourth-order valence-corrected chi connectivity index (χ4v) is 3.53. The van der Waals surface area contributed by atoms with Gasteiger partial charge in [0, 0.05) is 32.4 Å². The van der Waals surface area contributed by atoms with Gasteiger partial charge in [-0.2, -0.15) is 4.98 Å². The van der Waals surface area contributed by atoms with E-state index in [0.29, 0.717) is 36.9 Å². The molecule has 2 aromatic heterocycles. The van der Waals surface area contributed by atoms with Gasteiger partial charge in [-0.1, -0.05) is 17.3 Å². The van der Waals surface area contributed by atoms with Gasteiger partial charge in [0.15, 0.2) is 5.82 Å². The van der Waals surface area contributed by atoms with Crippen LogP contribution in [0, 0.1) is 12.7 Å². The van der Waals surface area contributed by atoms with Gasteiger partial charge >= 0.3 is 0 Å². The number of hydrogen-bond acceptors (Lipinski definition) is 6. The maximum atomic E-state index is 13.4. The lowest BCUT2D eigenvalue weighted by atomic mass is 10.1. The van der Waals surface area contributed by atoms with Crippen LogP contribution in [0.5, 0.6) is 0 Å². The van der Waals surface area contributed by atoms with Gasteiger partial charge in [-0.25, -0.2) is 9.37 Å². The van der Waals surface area contributed by atoms with E-state index in [9.17, 15) is 9.18 Å². The molecule has 1 saturated heterocycles. The van der Waals surface area contributed by atoms with E-state index in [0.717, 1.165) is 24.3 Å². The molecule has 4 rings (SSSR count). The van der Waals surface area contributed by atoms with Crippen molar-refractivity contribution in [2.75, 3.05) is 31.1 Å². The maximum absolute atomic E-state index is 13.4. The molecule has 29 heavy (non-hydrogen) atoms. The molecule has 0 unspecified atom stereocenters. The zero-order valence-electron chi connectivity index (χ0n) is 16.2. The number of aryl methyl sites for hydroxylation is 1. The summed E-state index contributed by atoms with van der Waals surface area (Å²) in [6.45, 7) is 4.42. The van der Waals surface area contributed by atoms with Crippen molar-refractivity contribution in [2.24, 2.45) is 0 Å². The van der Waals surface area contributed by atoms with Crippen LogP contribution in [0.3, 0.4) is 0 Å². The number of hydrogen-bond donors (Lipinski definition) is 0. The molecule has 1 aliphatic heterocycles. The molecular weight excluding hydrogens is 373 g/mol. The Labute approximate surface area is 168 Å². The second kappa shape index (κ2) is 8.38. The molecule has 1 aliphatic rings. The van der Waals surface area contributed by atoms with E-state index in [1.54, 1.807) is 25.3 Å². The van der Waals surface area contributed by atoms with Gasteiger partial charge < -0.3 is 14.3 Å². The lowest BCUT2D eigenvalue weighted by Crippen LogP contribution is -2.36. The Morgan fingerprint density at radius 2 is 2.07 bits per heavy atom. The minimum Gasteiger partial charge on any atom is -0.354 e. The summed E-state index contributed by atoms with van der Waals surface area (Å²) in [5.41, 5.74) is 1.47.